The Hall–Kier alpha value is -1.51. The molecule has 0 spiro atoms. The highest BCUT2D eigenvalue weighted by molar-refractivity contribution is 5.83. The summed E-state index contributed by atoms with van der Waals surface area (Å²) in [6, 6.07) is 0. The number of hydrogen-bond acceptors (Lipinski definition) is 3. The Balaban J connectivity index is 2.75. The van der Waals surface area contributed by atoms with Crippen LogP contribution in [0, 0.1) is 0 Å². The lowest BCUT2D eigenvalue weighted by atomic mass is 10.3. The van der Waals surface area contributed by atoms with Crippen molar-refractivity contribution < 1.29 is 9.53 Å². The summed E-state index contributed by atoms with van der Waals surface area (Å²) in [5.74, 6) is -0.336. The van der Waals surface area contributed by atoms with E-state index in [1.165, 1.54) is 13.2 Å². The molecule has 3 nitrogen and oxygen atoms in total. The first-order valence-electron chi connectivity index (χ1n) is 3.61. The van der Waals surface area contributed by atoms with Crippen molar-refractivity contribution in [3.8, 4) is 0 Å². The molecule has 12 heavy (non-hydrogen) atoms. The maximum absolute atomic E-state index is 10.8. The van der Waals surface area contributed by atoms with Crippen molar-refractivity contribution in [1.29, 1.82) is 0 Å². The van der Waals surface area contributed by atoms with E-state index in [9.17, 15) is 4.79 Å². The molecule has 0 aromatic heterocycles. The van der Waals surface area contributed by atoms with E-state index in [-0.39, 0.29) is 5.97 Å². The van der Waals surface area contributed by atoms with Crippen molar-refractivity contribution in [1.82, 2.24) is 4.90 Å². The van der Waals surface area contributed by atoms with E-state index >= 15 is 0 Å². The van der Waals surface area contributed by atoms with E-state index in [2.05, 4.69) is 4.74 Å². The Morgan fingerprint density at radius 1 is 1.58 bits per heavy atom. The number of carbonyl (C=O) groups excluding carboxylic acids is 1. The van der Waals surface area contributed by atoms with Gasteiger partial charge in [-0.25, -0.2) is 4.79 Å². The van der Waals surface area contributed by atoms with Gasteiger partial charge < -0.3 is 9.64 Å². The topological polar surface area (TPSA) is 29.5 Å². The molecule has 0 aromatic rings. The second-order valence-corrected chi connectivity index (χ2v) is 2.40. The Morgan fingerprint density at radius 2 is 2.33 bits per heavy atom. The summed E-state index contributed by atoms with van der Waals surface area (Å²) in [5.41, 5.74) is 0.823. The number of esters is 1. The molecule has 3 heteroatoms. The van der Waals surface area contributed by atoms with Crippen molar-refractivity contribution in [2.45, 2.75) is 0 Å². The van der Waals surface area contributed by atoms with Crippen LogP contribution in [0.15, 0.2) is 36.2 Å². The first kappa shape index (κ1) is 8.59. The summed E-state index contributed by atoms with van der Waals surface area (Å²) in [7, 11) is 3.23. The molecule has 0 amide bonds. The minimum atomic E-state index is -0.336. The quantitative estimate of drug-likeness (QED) is 0.430. The van der Waals surface area contributed by atoms with Gasteiger partial charge in [0, 0.05) is 25.0 Å². The molecule has 0 fully saturated rings. The third kappa shape index (κ3) is 1.99. The summed E-state index contributed by atoms with van der Waals surface area (Å²) in [6.45, 7) is 0. The van der Waals surface area contributed by atoms with Gasteiger partial charge in [-0.2, -0.15) is 0 Å². The van der Waals surface area contributed by atoms with Crippen LogP contribution in [-0.4, -0.2) is 25.0 Å². The molecule has 0 saturated carbocycles. The van der Waals surface area contributed by atoms with Gasteiger partial charge in [0.1, 0.15) is 0 Å². The van der Waals surface area contributed by atoms with Crippen LogP contribution in [0.2, 0.25) is 0 Å². The Morgan fingerprint density at radius 3 is 2.92 bits per heavy atom. The van der Waals surface area contributed by atoms with Crippen molar-refractivity contribution >= 4 is 5.97 Å². The van der Waals surface area contributed by atoms with Gasteiger partial charge in [0.15, 0.2) is 0 Å². The number of likely N-dealkylation sites (N-methyl/N-ethyl adjacent to an activating group) is 1. The van der Waals surface area contributed by atoms with Crippen molar-refractivity contribution in [2.24, 2.45) is 0 Å². The molecular weight excluding hydrogens is 154 g/mol. The van der Waals surface area contributed by atoms with Crippen molar-refractivity contribution in [2.75, 3.05) is 14.2 Å². The van der Waals surface area contributed by atoms with Gasteiger partial charge in [-0.05, 0) is 12.2 Å². The fourth-order valence-electron chi connectivity index (χ4n) is 0.866. The third-order valence-corrected chi connectivity index (χ3v) is 1.56. The first-order chi connectivity index (χ1) is 5.74. The third-order valence-electron chi connectivity index (χ3n) is 1.56. The van der Waals surface area contributed by atoms with Crippen molar-refractivity contribution in [3.63, 3.8) is 0 Å². The van der Waals surface area contributed by atoms with Crippen LogP contribution in [0.25, 0.3) is 0 Å². The van der Waals surface area contributed by atoms with E-state index in [4.69, 9.17) is 0 Å². The van der Waals surface area contributed by atoms with Crippen molar-refractivity contribution in [3.05, 3.63) is 36.2 Å². The van der Waals surface area contributed by atoms with Crippen LogP contribution in [0.5, 0.6) is 0 Å². The van der Waals surface area contributed by atoms with Crippen LogP contribution < -0.4 is 0 Å². The molecule has 0 atom stereocenters. The molecule has 1 rings (SSSR count). The number of carbonyl (C=O) groups is 1. The van der Waals surface area contributed by atoms with E-state index < -0.39 is 0 Å². The van der Waals surface area contributed by atoms with Crippen LogP contribution in [0.1, 0.15) is 0 Å². The maximum Gasteiger partial charge on any atom is 0.332 e. The van der Waals surface area contributed by atoms with Gasteiger partial charge in [0.05, 0.1) is 7.11 Å². The van der Waals surface area contributed by atoms with Crippen LogP contribution in [0.4, 0.5) is 0 Å². The molecule has 1 heterocycles. The molecule has 0 unspecified atom stereocenters. The predicted octanol–water partition coefficient (Wildman–Crippen LogP) is 1.06. The van der Waals surface area contributed by atoms with Crippen LogP contribution in [-0.2, 0) is 9.53 Å². The lowest BCUT2D eigenvalue weighted by molar-refractivity contribution is -0.134. The molecule has 0 aromatic carbocycles. The first-order valence-corrected chi connectivity index (χ1v) is 3.61. The Kier molecular flexibility index (Phi) is 2.69. The van der Waals surface area contributed by atoms with Gasteiger partial charge in [-0.15, -0.1) is 0 Å². The summed E-state index contributed by atoms with van der Waals surface area (Å²) < 4.78 is 4.50. The molecule has 0 aliphatic carbocycles. The molecule has 0 bridgehead atoms. The summed E-state index contributed by atoms with van der Waals surface area (Å²) in [6.07, 6.45) is 8.93. The van der Waals surface area contributed by atoms with Gasteiger partial charge in [-0.3, -0.25) is 0 Å². The number of rotatable bonds is 1. The Bertz CT molecular complexity index is 264. The zero-order valence-corrected chi connectivity index (χ0v) is 7.15. The molecule has 1 aliphatic rings. The van der Waals surface area contributed by atoms with E-state index in [0.29, 0.717) is 0 Å². The highest BCUT2D eigenvalue weighted by atomic mass is 16.5. The maximum atomic E-state index is 10.8. The van der Waals surface area contributed by atoms with E-state index in [0.717, 1.165) is 5.70 Å². The number of methoxy groups -OCH3 is 1. The second kappa shape index (κ2) is 3.76. The van der Waals surface area contributed by atoms with Crippen LogP contribution in [0.3, 0.4) is 0 Å². The summed E-state index contributed by atoms with van der Waals surface area (Å²) in [5, 5.41) is 0. The monoisotopic (exact) mass is 165 g/mol. The highest BCUT2D eigenvalue weighted by Crippen LogP contribution is 2.08. The SMILES string of the molecule is COC(=O)/C=C1\C=CC=CN1C. The molecule has 64 valence electrons. The zero-order valence-electron chi connectivity index (χ0n) is 7.15. The minimum absolute atomic E-state index is 0.336. The summed E-state index contributed by atoms with van der Waals surface area (Å²) >= 11 is 0. The standard InChI is InChI=1S/C9H11NO2/c1-10-6-4-3-5-8(10)7-9(11)12-2/h3-7H,1-2H3/b8-7+. The molecule has 0 radical (unpaired) electrons. The second-order valence-electron chi connectivity index (χ2n) is 2.40. The van der Waals surface area contributed by atoms with Gasteiger partial charge in [0.2, 0.25) is 0 Å². The van der Waals surface area contributed by atoms with Gasteiger partial charge in [-0.1, -0.05) is 6.08 Å². The van der Waals surface area contributed by atoms with E-state index in [1.54, 1.807) is 0 Å². The lowest BCUT2D eigenvalue weighted by Gasteiger charge is -2.16. The average Bonchev–Trinajstić information content (AvgIpc) is 2.09. The number of nitrogens with zero attached hydrogens (tertiary/aromatic N) is 1. The number of allylic oxidation sites excluding steroid dienone is 3. The minimum Gasteiger partial charge on any atom is -0.466 e. The Labute approximate surface area is 71.6 Å². The largest absolute Gasteiger partial charge is 0.466 e. The fraction of sp³-hybridized carbons (Fsp3) is 0.222. The molecular formula is C9H11NO2. The fourth-order valence-corrected chi connectivity index (χ4v) is 0.866. The van der Waals surface area contributed by atoms with E-state index in [1.807, 2.05) is 36.4 Å². The van der Waals surface area contributed by atoms with Gasteiger partial charge >= 0.3 is 5.97 Å². The molecule has 0 N–H and O–H groups in total. The molecule has 1 aliphatic heterocycles. The smallest absolute Gasteiger partial charge is 0.332 e. The average molecular weight is 165 g/mol. The number of ether oxygens (including phenoxy) is 1. The summed E-state index contributed by atoms with van der Waals surface area (Å²) in [4.78, 5) is 12.7. The number of hydrogen-bond donors (Lipinski definition) is 0. The highest BCUT2D eigenvalue weighted by Gasteiger charge is 2.03. The van der Waals surface area contributed by atoms with Gasteiger partial charge in [0.25, 0.3) is 0 Å². The normalized spacial score (nSPS) is 18.5. The molecule has 0 saturated heterocycles. The van der Waals surface area contributed by atoms with Crippen LogP contribution >= 0.6 is 0 Å². The predicted molar refractivity (Wildman–Crippen MR) is 46.1 cm³/mol. The zero-order chi connectivity index (χ0) is 8.97. The lowest BCUT2D eigenvalue weighted by Crippen LogP contribution is -2.12.